The first-order chi connectivity index (χ1) is 6.77. The van der Waals surface area contributed by atoms with Crippen LogP contribution in [0.25, 0.3) is 0 Å². The minimum absolute atomic E-state index is 0.175. The molecular formula is C11H14BrNO. The molecule has 2 nitrogen and oxygen atoms in total. The summed E-state index contributed by atoms with van der Waals surface area (Å²) in [5.74, 6) is 0. The van der Waals surface area contributed by atoms with Crippen molar-refractivity contribution in [3.63, 3.8) is 0 Å². The second kappa shape index (κ2) is 4.43. The van der Waals surface area contributed by atoms with Gasteiger partial charge < -0.3 is 10.1 Å². The van der Waals surface area contributed by atoms with Gasteiger partial charge in [-0.2, -0.15) is 0 Å². The molecule has 76 valence electrons. The quantitative estimate of drug-likeness (QED) is 0.833. The van der Waals surface area contributed by atoms with E-state index in [-0.39, 0.29) is 6.10 Å². The number of halogens is 1. The number of ether oxygens (including phenoxy) is 1. The monoisotopic (exact) mass is 255 g/mol. The maximum atomic E-state index is 5.86. The van der Waals surface area contributed by atoms with Gasteiger partial charge in [0.25, 0.3) is 0 Å². The van der Waals surface area contributed by atoms with E-state index >= 15 is 0 Å². The fourth-order valence-electron chi connectivity index (χ4n) is 1.71. The SMILES string of the molecule is CC1CNCC(c2ccccc2Br)O1. The van der Waals surface area contributed by atoms with E-state index in [1.165, 1.54) is 5.56 Å². The van der Waals surface area contributed by atoms with Crippen LogP contribution in [0, 0.1) is 0 Å². The van der Waals surface area contributed by atoms with E-state index in [4.69, 9.17) is 4.74 Å². The van der Waals surface area contributed by atoms with Crippen LogP contribution in [-0.4, -0.2) is 19.2 Å². The number of benzene rings is 1. The van der Waals surface area contributed by atoms with Gasteiger partial charge in [-0.1, -0.05) is 34.1 Å². The third-order valence-corrected chi connectivity index (χ3v) is 3.13. The first-order valence-electron chi connectivity index (χ1n) is 4.88. The van der Waals surface area contributed by atoms with Crippen molar-refractivity contribution in [1.29, 1.82) is 0 Å². The molecule has 1 N–H and O–H groups in total. The summed E-state index contributed by atoms with van der Waals surface area (Å²) in [6, 6.07) is 8.22. The molecule has 1 fully saturated rings. The van der Waals surface area contributed by atoms with Crippen molar-refractivity contribution in [1.82, 2.24) is 5.32 Å². The predicted octanol–water partition coefficient (Wildman–Crippen LogP) is 2.50. The highest BCUT2D eigenvalue weighted by Crippen LogP contribution is 2.27. The molecule has 0 saturated carbocycles. The Morgan fingerprint density at radius 1 is 1.36 bits per heavy atom. The molecule has 1 aromatic carbocycles. The summed E-state index contributed by atoms with van der Waals surface area (Å²) in [5.41, 5.74) is 1.23. The third-order valence-electron chi connectivity index (χ3n) is 2.41. The maximum Gasteiger partial charge on any atom is 0.0964 e. The molecule has 1 aliphatic heterocycles. The Bertz CT molecular complexity index is 316. The average Bonchev–Trinajstić information content (AvgIpc) is 2.18. The Morgan fingerprint density at radius 3 is 2.86 bits per heavy atom. The van der Waals surface area contributed by atoms with Crippen molar-refractivity contribution in [2.75, 3.05) is 13.1 Å². The second-order valence-corrected chi connectivity index (χ2v) is 4.47. The molecule has 0 aliphatic carbocycles. The molecule has 2 rings (SSSR count). The van der Waals surface area contributed by atoms with Gasteiger partial charge in [-0.25, -0.2) is 0 Å². The summed E-state index contributed by atoms with van der Waals surface area (Å²) in [6.45, 7) is 3.93. The van der Waals surface area contributed by atoms with Crippen LogP contribution in [0.3, 0.4) is 0 Å². The van der Waals surface area contributed by atoms with Crippen LogP contribution >= 0.6 is 15.9 Å². The van der Waals surface area contributed by atoms with Gasteiger partial charge in [-0.15, -0.1) is 0 Å². The topological polar surface area (TPSA) is 21.3 Å². The molecule has 1 aromatic rings. The van der Waals surface area contributed by atoms with Gasteiger partial charge >= 0.3 is 0 Å². The van der Waals surface area contributed by atoms with Gasteiger partial charge in [0.05, 0.1) is 12.2 Å². The molecule has 0 aromatic heterocycles. The highest BCUT2D eigenvalue weighted by molar-refractivity contribution is 9.10. The molecular weight excluding hydrogens is 242 g/mol. The van der Waals surface area contributed by atoms with Crippen molar-refractivity contribution in [2.24, 2.45) is 0 Å². The Labute approximate surface area is 92.8 Å². The predicted molar refractivity (Wildman–Crippen MR) is 60.3 cm³/mol. The van der Waals surface area contributed by atoms with Crippen molar-refractivity contribution in [3.8, 4) is 0 Å². The highest BCUT2D eigenvalue weighted by atomic mass is 79.9. The Kier molecular flexibility index (Phi) is 3.21. The molecule has 2 atom stereocenters. The second-order valence-electron chi connectivity index (χ2n) is 3.62. The lowest BCUT2D eigenvalue weighted by atomic mass is 10.1. The molecule has 3 heteroatoms. The fraction of sp³-hybridized carbons (Fsp3) is 0.455. The van der Waals surface area contributed by atoms with Crippen LogP contribution in [0.5, 0.6) is 0 Å². The van der Waals surface area contributed by atoms with Crippen LogP contribution in [-0.2, 0) is 4.74 Å². The van der Waals surface area contributed by atoms with Crippen LogP contribution in [0.2, 0.25) is 0 Å². The number of rotatable bonds is 1. The smallest absolute Gasteiger partial charge is 0.0964 e. The summed E-state index contributed by atoms with van der Waals surface area (Å²) >= 11 is 3.54. The van der Waals surface area contributed by atoms with E-state index in [0.717, 1.165) is 17.6 Å². The number of nitrogens with one attached hydrogen (secondary N) is 1. The molecule has 0 bridgehead atoms. The summed E-state index contributed by atoms with van der Waals surface area (Å²) in [6.07, 6.45) is 0.468. The minimum atomic E-state index is 0.175. The molecule has 1 aliphatic rings. The van der Waals surface area contributed by atoms with Crippen molar-refractivity contribution in [3.05, 3.63) is 34.3 Å². The molecule has 0 amide bonds. The average molecular weight is 256 g/mol. The molecule has 1 heterocycles. The summed E-state index contributed by atoms with van der Waals surface area (Å²) in [7, 11) is 0. The zero-order valence-electron chi connectivity index (χ0n) is 8.16. The lowest BCUT2D eigenvalue weighted by Crippen LogP contribution is -2.38. The van der Waals surface area contributed by atoms with Gasteiger partial charge in [-0.3, -0.25) is 0 Å². The summed E-state index contributed by atoms with van der Waals surface area (Å²) < 4.78 is 6.99. The molecule has 2 unspecified atom stereocenters. The van der Waals surface area contributed by atoms with Crippen LogP contribution in [0.4, 0.5) is 0 Å². The lowest BCUT2D eigenvalue weighted by molar-refractivity contribution is -0.0290. The van der Waals surface area contributed by atoms with Crippen LogP contribution in [0.1, 0.15) is 18.6 Å². The van der Waals surface area contributed by atoms with Gasteiger partial charge in [-0.05, 0) is 18.6 Å². The van der Waals surface area contributed by atoms with Crippen molar-refractivity contribution < 1.29 is 4.74 Å². The van der Waals surface area contributed by atoms with Gasteiger partial charge in [0.2, 0.25) is 0 Å². The number of hydrogen-bond acceptors (Lipinski definition) is 2. The van der Waals surface area contributed by atoms with E-state index in [1.54, 1.807) is 0 Å². The zero-order chi connectivity index (χ0) is 9.97. The van der Waals surface area contributed by atoms with Crippen LogP contribution < -0.4 is 5.32 Å². The largest absolute Gasteiger partial charge is 0.368 e. The van der Waals surface area contributed by atoms with Gasteiger partial charge in [0, 0.05) is 17.6 Å². The van der Waals surface area contributed by atoms with E-state index < -0.39 is 0 Å². The number of hydrogen-bond donors (Lipinski definition) is 1. The highest BCUT2D eigenvalue weighted by Gasteiger charge is 2.21. The van der Waals surface area contributed by atoms with E-state index in [9.17, 15) is 0 Å². The fourth-order valence-corrected chi connectivity index (χ4v) is 2.25. The third kappa shape index (κ3) is 2.16. The zero-order valence-corrected chi connectivity index (χ0v) is 9.75. The Balaban J connectivity index is 2.18. The Hall–Kier alpha value is -0.380. The lowest BCUT2D eigenvalue weighted by Gasteiger charge is -2.29. The Morgan fingerprint density at radius 2 is 2.14 bits per heavy atom. The first-order valence-corrected chi connectivity index (χ1v) is 5.67. The molecule has 0 radical (unpaired) electrons. The van der Waals surface area contributed by atoms with Crippen molar-refractivity contribution in [2.45, 2.75) is 19.1 Å². The maximum absolute atomic E-state index is 5.86. The van der Waals surface area contributed by atoms with E-state index in [1.807, 2.05) is 12.1 Å². The van der Waals surface area contributed by atoms with Crippen LogP contribution in [0.15, 0.2) is 28.7 Å². The molecule has 0 spiro atoms. The summed E-state index contributed by atoms with van der Waals surface area (Å²) in [4.78, 5) is 0. The minimum Gasteiger partial charge on any atom is -0.368 e. The first kappa shape index (κ1) is 10.1. The molecule has 14 heavy (non-hydrogen) atoms. The number of morpholine rings is 1. The van der Waals surface area contributed by atoms with E-state index in [0.29, 0.717) is 6.10 Å². The molecule has 1 saturated heterocycles. The standard InChI is InChI=1S/C11H14BrNO/c1-8-6-13-7-11(14-8)9-4-2-3-5-10(9)12/h2-5,8,11,13H,6-7H2,1H3. The van der Waals surface area contributed by atoms with Gasteiger partial charge in [0.1, 0.15) is 0 Å². The normalized spacial score (nSPS) is 27.6. The van der Waals surface area contributed by atoms with Crippen molar-refractivity contribution >= 4 is 15.9 Å². The van der Waals surface area contributed by atoms with Gasteiger partial charge in [0.15, 0.2) is 0 Å². The van der Waals surface area contributed by atoms with E-state index in [2.05, 4.69) is 40.3 Å². The summed E-state index contributed by atoms with van der Waals surface area (Å²) in [5, 5.41) is 3.36.